The molecule has 0 aromatic heterocycles. The van der Waals surface area contributed by atoms with Crippen molar-refractivity contribution in [3.8, 4) is 5.75 Å². The lowest BCUT2D eigenvalue weighted by molar-refractivity contribution is 0.0827. The van der Waals surface area contributed by atoms with Crippen LogP contribution in [0.4, 0.5) is 0 Å². The summed E-state index contributed by atoms with van der Waals surface area (Å²) in [6.45, 7) is 0.285. The van der Waals surface area contributed by atoms with Crippen molar-refractivity contribution in [3.63, 3.8) is 0 Å². The summed E-state index contributed by atoms with van der Waals surface area (Å²) in [6, 6.07) is 13.4. The molecule has 0 unspecified atom stereocenters. The number of benzene rings is 2. The Hall–Kier alpha value is -2.38. The molecule has 0 saturated heterocycles. The van der Waals surface area contributed by atoms with Gasteiger partial charge in [-0.05, 0) is 48.4 Å². The molecule has 0 atom stereocenters. The molecule has 0 aliphatic heterocycles. The van der Waals surface area contributed by atoms with Crippen molar-refractivity contribution >= 4 is 15.9 Å². The van der Waals surface area contributed by atoms with E-state index >= 15 is 0 Å². The molecule has 0 radical (unpaired) electrons. The van der Waals surface area contributed by atoms with Crippen LogP contribution in [0.5, 0.6) is 5.75 Å². The van der Waals surface area contributed by atoms with Crippen molar-refractivity contribution in [2.45, 2.75) is 11.3 Å². The van der Waals surface area contributed by atoms with Gasteiger partial charge in [0.25, 0.3) is 5.91 Å². The van der Waals surface area contributed by atoms with Gasteiger partial charge in [0.2, 0.25) is 10.0 Å². The zero-order chi connectivity index (χ0) is 18.4. The normalized spacial score (nSPS) is 11.2. The minimum atomic E-state index is -3.61. The molecular formula is C18H22N2O4S. The molecule has 0 spiro atoms. The summed E-state index contributed by atoms with van der Waals surface area (Å²) < 4.78 is 32.3. The molecular weight excluding hydrogens is 340 g/mol. The van der Waals surface area contributed by atoms with Gasteiger partial charge in [0.1, 0.15) is 5.75 Å². The maximum Gasteiger partial charge on any atom is 0.253 e. The number of nitrogens with one attached hydrogen (secondary N) is 1. The van der Waals surface area contributed by atoms with E-state index in [1.165, 1.54) is 29.2 Å². The molecule has 6 nitrogen and oxygen atoms in total. The number of nitrogens with zero attached hydrogens (tertiary/aromatic N) is 1. The lowest BCUT2D eigenvalue weighted by Crippen LogP contribution is -2.26. The number of ether oxygens (including phenoxy) is 1. The molecule has 1 N–H and O–H groups in total. The molecule has 7 heteroatoms. The van der Waals surface area contributed by atoms with Crippen molar-refractivity contribution < 1.29 is 17.9 Å². The van der Waals surface area contributed by atoms with Gasteiger partial charge in [0.15, 0.2) is 0 Å². The fourth-order valence-corrected chi connectivity index (χ4v) is 3.27. The molecule has 2 aromatic carbocycles. The molecule has 0 aliphatic rings. The van der Waals surface area contributed by atoms with E-state index in [1.54, 1.807) is 21.2 Å². The summed E-state index contributed by atoms with van der Waals surface area (Å²) in [5, 5.41) is 0. The molecule has 2 aromatic rings. The van der Waals surface area contributed by atoms with Crippen LogP contribution in [-0.2, 0) is 16.4 Å². The Morgan fingerprint density at radius 3 is 2.16 bits per heavy atom. The average molecular weight is 362 g/mol. The number of methoxy groups -OCH3 is 1. The zero-order valence-electron chi connectivity index (χ0n) is 14.5. The number of carbonyl (C=O) groups is 1. The van der Waals surface area contributed by atoms with E-state index in [2.05, 4.69) is 4.72 Å². The Morgan fingerprint density at radius 2 is 1.64 bits per heavy atom. The predicted octanol–water partition coefficient (Wildman–Crippen LogP) is 1.92. The summed E-state index contributed by atoms with van der Waals surface area (Å²) in [6.07, 6.45) is 0.570. The van der Waals surface area contributed by atoms with Crippen LogP contribution in [0.2, 0.25) is 0 Å². The molecule has 25 heavy (non-hydrogen) atoms. The third-order valence-electron chi connectivity index (χ3n) is 3.68. The van der Waals surface area contributed by atoms with Crippen LogP contribution in [-0.4, -0.2) is 47.0 Å². The van der Waals surface area contributed by atoms with Crippen molar-refractivity contribution in [2.75, 3.05) is 27.7 Å². The highest BCUT2D eigenvalue weighted by molar-refractivity contribution is 7.89. The number of amides is 1. The Labute approximate surface area is 148 Å². The van der Waals surface area contributed by atoms with E-state index in [0.717, 1.165) is 11.3 Å². The summed E-state index contributed by atoms with van der Waals surface area (Å²) >= 11 is 0. The Balaban J connectivity index is 1.97. The number of hydrogen-bond donors (Lipinski definition) is 1. The highest BCUT2D eigenvalue weighted by Gasteiger charge is 2.15. The number of carbonyl (C=O) groups excluding carboxylic acids is 1. The maximum absolute atomic E-state index is 12.3. The first kappa shape index (κ1) is 19.0. The largest absolute Gasteiger partial charge is 0.497 e. The summed E-state index contributed by atoms with van der Waals surface area (Å²) in [4.78, 5) is 13.4. The Kier molecular flexibility index (Phi) is 6.17. The van der Waals surface area contributed by atoms with Gasteiger partial charge >= 0.3 is 0 Å². The molecule has 0 aliphatic carbocycles. The minimum Gasteiger partial charge on any atom is -0.497 e. The third-order valence-corrected chi connectivity index (χ3v) is 5.16. The van der Waals surface area contributed by atoms with E-state index in [-0.39, 0.29) is 17.3 Å². The van der Waals surface area contributed by atoms with Gasteiger partial charge in [0.05, 0.1) is 12.0 Å². The summed E-state index contributed by atoms with van der Waals surface area (Å²) in [7, 11) is 1.29. The first-order valence-corrected chi connectivity index (χ1v) is 9.26. The van der Waals surface area contributed by atoms with Crippen LogP contribution in [0, 0.1) is 0 Å². The van der Waals surface area contributed by atoms with E-state index in [1.807, 2.05) is 24.3 Å². The Bertz CT molecular complexity index is 813. The number of hydrogen-bond acceptors (Lipinski definition) is 4. The van der Waals surface area contributed by atoms with E-state index in [9.17, 15) is 13.2 Å². The lowest BCUT2D eigenvalue weighted by Gasteiger charge is -2.11. The smallest absolute Gasteiger partial charge is 0.253 e. The second kappa shape index (κ2) is 8.13. The van der Waals surface area contributed by atoms with Crippen LogP contribution in [0.25, 0.3) is 0 Å². The van der Waals surface area contributed by atoms with E-state index in [0.29, 0.717) is 12.0 Å². The first-order chi connectivity index (χ1) is 11.8. The highest BCUT2D eigenvalue weighted by Crippen LogP contribution is 2.13. The van der Waals surface area contributed by atoms with Gasteiger partial charge in [0, 0.05) is 26.2 Å². The quantitative estimate of drug-likeness (QED) is 0.816. The van der Waals surface area contributed by atoms with Gasteiger partial charge in [-0.2, -0.15) is 0 Å². The first-order valence-electron chi connectivity index (χ1n) is 7.78. The number of sulfonamides is 1. The maximum atomic E-state index is 12.3. The number of rotatable bonds is 7. The van der Waals surface area contributed by atoms with Crippen molar-refractivity contribution in [1.82, 2.24) is 9.62 Å². The second-order valence-corrected chi connectivity index (χ2v) is 7.49. The van der Waals surface area contributed by atoms with Crippen LogP contribution < -0.4 is 9.46 Å². The molecule has 2 rings (SSSR count). The van der Waals surface area contributed by atoms with Gasteiger partial charge in [-0.15, -0.1) is 0 Å². The van der Waals surface area contributed by atoms with Crippen molar-refractivity contribution in [1.29, 1.82) is 0 Å². The average Bonchev–Trinajstić information content (AvgIpc) is 2.61. The fraction of sp³-hybridized carbons (Fsp3) is 0.278. The lowest BCUT2D eigenvalue weighted by atomic mass is 10.1. The molecule has 0 heterocycles. The van der Waals surface area contributed by atoms with Crippen LogP contribution in [0.15, 0.2) is 53.4 Å². The van der Waals surface area contributed by atoms with Gasteiger partial charge < -0.3 is 9.64 Å². The van der Waals surface area contributed by atoms with E-state index < -0.39 is 10.0 Å². The second-order valence-electron chi connectivity index (χ2n) is 5.72. The zero-order valence-corrected chi connectivity index (χ0v) is 15.3. The molecule has 1 amide bonds. The molecule has 0 fully saturated rings. The minimum absolute atomic E-state index is 0.137. The van der Waals surface area contributed by atoms with Crippen LogP contribution >= 0.6 is 0 Å². The van der Waals surface area contributed by atoms with Crippen molar-refractivity contribution in [2.24, 2.45) is 0 Å². The summed E-state index contributed by atoms with van der Waals surface area (Å²) in [5.74, 6) is 0.591. The topological polar surface area (TPSA) is 75.7 Å². The standard InChI is InChI=1S/C18H22N2O4S/c1-20(2)18(21)15-6-10-17(11-7-15)25(22,23)19-13-12-14-4-8-16(24-3)9-5-14/h4-11,19H,12-13H2,1-3H3. The van der Waals surface area contributed by atoms with Crippen molar-refractivity contribution in [3.05, 3.63) is 59.7 Å². The third kappa shape index (κ3) is 5.04. The van der Waals surface area contributed by atoms with Gasteiger partial charge in [-0.3, -0.25) is 4.79 Å². The molecule has 0 bridgehead atoms. The van der Waals surface area contributed by atoms with Crippen LogP contribution in [0.1, 0.15) is 15.9 Å². The van der Waals surface area contributed by atoms with E-state index in [4.69, 9.17) is 4.74 Å². The fourth-order valence-electron chi connectivity index (χ4n) is 2.24. The van der Waals surface area contributed by atoms with Gasteiger partial charge in [-0.1, -0.05) is 12.1 Å². The predicted molar refractivity (Wildman–Crippen MR) is 96.3 cm³/mol. The SMILES string of the molecule is COc1ccc(CCNS(=O)(=O)c2ccc(C(=O)N(C)C)cc2)cc1. The summed E-state index contributed by atoms with van der Waals surface area (Å²) in [5.41, 5.74) is 1.46. The Morgan fingerprint density at radius 1 is 1.04 bits per heavy atom. The van der Waals surface area contributed by atoms with Gasteiger partial charge in [-0.25, -0.2) is 13.1 Å². The molecule has 0 saturated carbocycles. The molecule has 134 valence electrons. The van der Waals surface area contributed by atoms with Crippen LogP contribution in [0.3, 0.4) is 0 Å². The monoisotopic (exact) mass is 362 g/mol. The highest BCUT2D eigenvalue weighted by atomic mass is 32.2.